The average molecular weight is 207 g/mol. The second kappa shape index (κ2) is 2.95. The van der Waals surface area contributed by atoms with E-state index < -0.39 is 5.69 Å². The van der Waals surface area contributed by atoms with Crippen LogP contribution in [0.25, 0.3) is 10.9 Å². The molecule has 0 aliphatic heterocycles. The summed E-state index contributed by atoms with van der Waals surface area (Å²) in [6.07, 6.45) is 0. The molecule has 2 rings (SSSR count). The third-order valence-corrected chi connectivity index (χ3v) is 2.50. The van der Waals surface area contributed by atoms with Crippen LogP contribution in [-0.4, -0.2) is 9.66 Å². The molecule has 0 atom stereocenters. The van der Waals surface area contributed by atoms with Gasteiger partial charge in [-0.3, -0.25) is 0 Å². The lowest BCUT2D eigenvalue weighted by Gasteiger charge is -2.02. The Bertz CT molecular complexity index is 611. The number of nitrogens with one attached hydrogen (secondary N) is 1. The number of hydrogen-bond donors (Lipinski definition) is 2. The van der Waals surface area contributed by atoms with Crippen molar-refractivity contribution in [1.82, 2.24) is 9.66 Å². The van der Waals surface area contributed by atoms with Crippen molar-refractivity contribution in [2.75, 3.05) is 5.84 Å². The highest BCUT2D eigenvalue weighted by Gasteiger charge is 2.01. The smallest absolute Gasteiger partial charge is 0.334 e. The molecule has 0 aliphatic rings. The van der Waals surface area contributed by atoms with Crippen LogP contribution in [0, 0.1) is 11.6 Å². The molecule has 14 heavy (non-hydrogen) atoms. The fourth-order valence-electron chi connectivity index (χ4n) is 1.35. The zero-order chi connectivity index (χ0) is 10.3. The topological polar surface area (TPSA) is 63.8 Å². The van der Waals surface area contributed by atoms with Crippen LogP contribution in [0.3, 0.4) is 0 Å². The number of H-pyrrole nitrogens is 1. The number of aromatic amines is 1. The normalized spacial score (nSPS) is 10.6. The lowest BCUT2D eigenvalue weighted by molar-refractivity contribution is 0.879. The summed E-state index contributed by atoms with van der Waals surface area (Å²) in [5, 5.41) is 0.785. The number of aromatic nitrogens is 2. The van der Waals surface area contributed by atoms with Gasteiger partial charge in [-0.05, 0) is 24.6 Å². The van der Waals surface area contributed by atoms with Gasteiger partial charge >= 0.3 is 5.69 Å². The standard InChI is InChI=1S/C9H9N3OS/c1-5-2-3-6-7(4-5)11-9(13)12(10)8(6)14/h2-4H,10H2,1H3,(H,11,13). The van der Waals surface area contributed by atoms with Gasteiger partial charge in [-0.2, -0.15) is 0 Å². The molecule has 1 aromatic heterocycles. The fraction of sp³-hybridized carbons (Fsp3) is 0.111. The van der Waals surface area contributed by atoms with Crippen molar-refractivity contribution in [3.05, 3.63) is 38.9 Å². The predicted molar refractivity (Wildman–Crippen MR) is 58.3 cm³/mol. The molecular formula is C9H9N3OS. The van der Waals surface area contributed by atoms with Crippen LogP contribution < -0.4 is 11.5 Å². The van der Waals surface area contributed by atoms with Gasteiger partial charge in [0.1, 0.15) is 4.64 Å². The first-order valence-electron chi connectivity index (χ1n) is 4.10. The molecule has 0 spiro atoms. The van der Waals surface area contributed by atoms with Crippen LogP contribution >= 0.6 is 12.2 Å². The maximum atomic E-state index is 11.3. The minimum atomic E-state index is -0.395. The number of hydrogen-bond acceptors (Lipinski definition) is 3. The minimum Gasteiger partial charge on any atom is -0.334 e. The first kappa shape index (κ1) is 8.96. The molecular weight excluding hydrogens is 198 g/mol. The summed E-state index contributed by atoms with van der Waals surface area (Å²) in [4.78, 5) is 13.9. The Balaban J connectivity index is 3.06. The van der Waals surface area contributed by atoms with E-state index in [4.69, 9.17) is 18.1 Å². The second-order valence-electron chi connectivity index (χ2n) is 3.15. The largest absolute Gasteiger partial charge is 0.345 e. The van der Waals surface area contributed by atoms with Gasteiger partial charge in [0.05, 0.1) is 5.52 Å². The Labute approximate surface area is 85.0 Å². The monoisotopic (exact) mass is 207 g/mol. The molecule has 4 nitrogen and oxygen atoms in total. The predicted octanol–water partition coefficient (Wildman–Crippen LogP) is 1.08. The van der Waals surface area contributed by atoms with Crippen molar-refractivity contribution in [1.29, 1.82) is 0 Å². The summed E-state index contributed by atoms with van der Waals surface area (Å²) in [6.45, 7) is 1.95. The Kier molecular flexibility index (Phi) is 1.89. The van der Waals surface area contributed by atoms with Crippen LogP contribution in [0.2, 0.25) is 0 Å². The van der Waals surface area contributed by atoms with E-state index >= 15 is 0 Å². The Morgan fingerprint density at radius 2 is 2.21 bits per heavy atom. The van der Waals surface area contributed by atoms with Gasteiger partial charge in [0, 0.05) is 5.39 Å². The molecule has 0 fully saturated rings. The van der Waals surface area contributed by atoms with Gasteiger partial charge < -0.3 is 10.8 Å². The van der Waals surface area contributed by atoms with Crippen molar-refractivity contribution >= 4 is 23.1 Å². The summed E-state index contributed by atoms with van der Waals surface area (Å²) in [5.74, 6) is 5.45. The minimum absolute atomic E-state index is 0.351. The Morgan fingerprint density at radius 1 is 1.50 bits per heavy atom. The van der Waals surface area contributed by atoms with E-state index in [1.165, 1.54) is 0 Å². The summed E-state index contributed by atoms with van der Waals surface area (Å²) in [5.41, 5.74) is 1.40. The lowest BCUT2D eigenvalue weighted by atomic mass is 10.2. The van der Waals surface area contributed by atoms with Crippen molar-refractivity contribution in [2.24, 2.45) is 0 Å². The van der Waals surface area contributed by atoms with Crippen LogP contribution in [-0.2, 0) is 0 Å². The number of nitrogen functional groups attached to an aromatic ring is 1. The summed E-state index contributed by atoms with van der Waals surface area (Å²) < 4.78 is 1.29. The van der Waals surface area contributed by atoms with Gasteiger partial charge in [-0.15, -0.1) is 0 Å². The maximum Gasteiger partial charge on any atom is 0.345 e. The van der Waals surface area contributed by atoms with Crippen molar-refractivity contribution in [2.45, 2.75) is 6.92 Å². The van der Waals surface area contributed by atoms with Gasteiger partial charge in [-0.25, -0.2) is 9.47 Å². The summed E-state index contributed by atoms with van der Waals surface area (Å²) >= 11 is 5.04. The molecule has 0 aliphatic carbocycles. The van der Waals surface area contributed by atoms with E-state index in [1.807, 2.05) is 25.1 Å². The van der Waals surface area contributed by atoms with Gasteiger partial charge in [0.25, 0.3) is 0 Å². The molecule has 72 valence electrons. The first-order valence-corrected chi connectivity index (χ1v) is 4.51. The fourth-order valence-corrected chi connectivity index (χ4v) is 1.61. The number of fused-ring (bicyclic) bond motifs is 1. The highest BCUT2D eigenvalue weighted by Crippen LogP contribution is 2.12. The average Bonchev–Trinajstić information content (AvgIpc) is 2.14. The summed E-state index contributed by atoms with van der Waals surface area (Å²) in [6, 6.07) is 5.65. The Morgan fingerprint density at radius 3 is 2.93 bits per heavy atom. The molecule has 0 unspecified atom stereocenters. The number of rotatable bonds is 0. The highest BCUT2D eigenvalue weighted by atomic mass is 32.1. The number of benzene rings is 1. The molecule has 0 saturated carbocycles. The Hall–Kier alpha value is -1.62. The lowest BCUT2D eigenvalue weighted by Crippen LogP contribution is -2.29. The zero-order valence-corrected chi connectivity index (χ0v) is 8.39. The van der Waals surface area contributed by atoms with Crippen molar-refractivity contribution in [3.8, 4) is 0 Å². The third-order valence-electron chi connectivity index (χ3n) is 2.08. The number of aryl methyl sites for hydroxylation is 1. The van der Waals surface area contributed by atoms with Gasteiger partial charge in [-0.1, -0.05) is 18.3 Å². The molecule has 1 aromatic carbocycles. The van der Waals surface area contributed by atoms with E-state index in [0.717, 1.165) is 21.1 Å². The first-order chi connectivity index (χ1) is 6.59. The number of nitrogens with zero attached hydrogens (tertiary/aromatic N) is 1. The van der Waals surface area contributed by atoms with Crippen LogP contribution in [0.5, 0.6) is 0 Å². The van der Waals surface area contributed by atoms with Crippen LogP contribution in [0.1, 0.15) is 5.56 Å². The van der Waals surface area contributed by atoms with E-state index in [0.29, 0.717) is 4.64 Å². The molecule has 5 heteroatoms. The van der Waals surface area contributed by atoms with Crippen LogP contribution in [0.15, 0.2) is 23.0 Å². The molecule has 3 N–H and O–H groups in total. The van der Waals surface area contributed by atoms with Crippen molar-refractivity contribution < 1.29 is 0 Å². The van der Waals surface area contributed by atoms with Crippen LogP contribution in [0.4, 0.5) is 0 Å². The van der Waals surface area contributed by atoms with Crippen molar-refractivity contribution in [3.63, 3.8) is 0 Å². The molecule has 0 bridgehead atoms. The molecule has 1 heterocycles. The highest BCUT2D eigenvalue weighted by molar-refractivity contribution is 7.71. The van der Waals surface area contributed by atoms with E-state index in [-0.39, 0.29) is 0 Å². The SMILES string of the molecule is Cc1ccc2c(=S)n(N)c(=O)[nH]c2c1. The zero-order valence-electron chi connectivity index (χ0n) is 7.57. The molecule has 0 amide bonds. The van der Waals surface area contributed by atoms with E-state index in [9.17, 15) is 4.79 Å². The molecule has 0 saturated heterocycles. The van der Waals surface area contributed by atoms with Gasteiger partial charge in [0.2, 0.25) is 0 Å². The van der Waals surface area contributed by atoms with E-state index in [2.05, 4.69) is 4.98 Å². The van der Waals surface area contributed by atoms with Gasteiger partial charge in [0.15, 0.2) is 0 Å². The maximum absolute atomic E-state index is 11.3. The molecule has 0 radical (unpaired) electrons. The third kappa shape index (κ3) is 1.22. The number of nitrogens with two attached hydrogens (primary N) is 1. The molecule has 2 aromatic rings. The quantitative estimate of drug-likeness (QED) is 0.502. The van der Waals surface area contributed by atoms with E-state index in [1.54, 1.807) is 0 Å². The summed E-state index contributed by atoms with van der Waals surface area (Å²) in [7, 11) is 0. The second-order valence-corrected chi connectivity index (χ2v) is 3.54.